The van der Waals surface area contributed by atoms with Crippen molar-refractivity contribution in [2.75, 3.05) is 20.5 Å². The molecule has 1 saturated carbocycles. The van der Waals surface area contributed by atoms with Crippen molar-refractivity contribution in [2.24, 2.45) is 0 Å². The number of hydrogen-bond acceptors (Lipinski definition) is 5. The van der Waals surface area contributed by atoms with Crippen LogP contribution >= 0.6 is 0 Å². The molecule has 0 unspecified atom stereocenters. The molecule has 1 aromatic carbocycles. The number of carbonyl (C=O) groups is 1. The van der Waals surface area contributed by atoms with E-state index in [1.165, 1.54) is 19.2 Å². The first-order valence-electron chi connectivity index (χ1n) is 9.56. The van der Waals surface area contributed by atoms with Crippen LogP contribution in [0.15, 0.2) is 18.2 Å². The maximum Gasteiger partial charge on any atom is 0.335 e. The van der Waals surface area contributed by atoms with E-state index in [0.717, 1.165) is 38.3 Å². The van der Waals surface area contributed by atoms with Gasteiger partial charge in [0.1, 0.15) is 6.79 Å². The second kappa shape index (κ2) is 10.1. The van der Waals surface area contributed by atoms with Gasteiger partial charge in [0, 0.05) is 14.7 Å². The Balaban J connectivity index is 1.72. The van der Waals surface area contributed by atoms with Gasteiger partial charge in [-0.3, -0.25) is 0 Å². The summed E-state index contributed by atoms with van der Waals surface area (Å²) in [5, 5.41) is 9.07. The number of hydrogen-bond donors (Lipinski definition) is 1. The third-order valence-corrected chi connectivity index (χ3v) is 6.41. The van der Waals surface area contributed by atoms with Crippen molar-refractivity contribution in [1.82, 2.24) is 0 Å². The van der Waals surface area contributed by atoms with Crippen LogP contribution in [0.4, 0.5) is 0 Å². The Morgan fingerprint density at radius 2 is 1.78 bits per heavy atom. The van der Waals surface area contributed by atoms with Crippen LogP contribution in [-0.2, 0) is 9.47 Å². The Kier molecular flexibility index (Phi) is 8.13. The van der Waals surface area contributed by atoms with E-state index in [1.807, 2.05) is 0 Å². The van der Waals surface area contributed by atoms with Crippen molar-refractivity contribution < 1.29 is 28.8 Å². The van der Waals surface area contributed by atoms with Crippen LogP contribution < -0.4 is 9.47 Å². The zero-order valence-electron chi connectivity index (χ0n) is 16.8. The van der Waals surface area contributed by atoms with Crippen molar-refractivity contribution >= 4 is 14.0 Å². The van der Waals surface area contributed by atoms with E-state index in [4.69, 9.17) is 24.1 Å². The monoisotopic (exact) mass is 396 g/mol. The highest BCUT2D eigenvalue weighted by atomic mass is 28.3. The summed E-state index contributed by atoms with van der Waals surface area (Å²) in [5.41, 5.74) is 0.186. The SMILES string of the molecule is COc1cc(C(=O)O)ccc1O[C@H]1CC[C@H](OCOCC[Si](C)(C)C)CC1. The summed E-state index contributed by atoms with van der Waals surface area (Å²) >= 11 is 0. The lowest BCUT2D eigenvalue weighted by molar-refractivity contribution is -0.102. The second-order valence-electron chi connectivity index (χ2n) is 8.19. The van der Waals surface area contributed by atoms with Crippen LogP contribution in [0.5, 0.6) is 11.5 Å². The van der Waals surface area contributed by atoms with Crippen molar-refractivity contribution in [3.8, 4) is 11.5 Å². The van der Waals surface area contributed by atoms with Crippen LogP contribution in [0.2, 0.25) is 25.7 Å². The Bertz CT molecular complexity index is 605. The molecule has 0 amide bonds. The van der Waals surface area contributed by atoms with Gasteiger partial charge in [0.15, 0.2) is 11.5 Å². The highest BCUT2D eigenvalue weighted by molar-refractivity contribution is 6.76. The van der Waals surface area contributed by atoms with E-state index in [0.29, 0.717) is 18.3 Å². The molecule has 0 saturated heterocycles. The molecule has 7 heteroatoms. The Hall–Kier alpha value is -1.57. The first kappa shape index (κ1) is 21.7. The fourth-order valence-electron chi connectivity index (χ4n) is 2.98. The van der Waals surface area contributed by atoms with Gasteiger partial charge in [-0.2, -0.15) is 0 Å². The molecular weight excluding hydrogens is 364 g/mol. The lowest BCUT2D eigenvalue weighted by Crippen LogP contribution is -2.29. The third-order valence-electron chi connectivity index (χ3n) is 4.71. The highest BCUT2D eigenvalue weighted by Crippen LogP contribution is 2.32. The average Bonchev–Trinajstić information content (AvgIpc) is 2.62. The Morgan fingerprint density at radius 1 is 1.11 bits per heavy atom. The standard InChI is InChI=1S/C20H32O6Si/c1-23-19-13-15(20(21)22)5-10-18(19)26-17-8-6-16(7-9-17)25-14-24-11-12-27(2,3)4/h5,10,13,16-17H,6-9,11-12,14H2,1-4H3,(H,21,22)/t16-,17-. The van der Waals surface area contributed by atoms with Gasteiger partial charge in [0.2, 0.25) is 0 Å². The molecule has 27 heavy (non-hydrogen) atoms. The highest BCUT2D eigenvalue weighted by Gasteiger charge is 2.24. The van der Waals surface area contributed by atoms with E-state index in [-0.39, 0.29) is 17.8 Å². The topological polar surface area (TPSA) is 74.2 Å². The molecule has 0 bridgehead atoms. The number of methoxy groups -OCH3 is 1. The first-order chi connectivity index (χ1) is 12.8. The zero-order chi connectivity index (χ0) is 19.9. The van der Waals surface area contributed by atoms with Crippen molar-refractivity contribution in [2.45, 2.75) is 63.6 Å². The van der Waals surface area contributed by atoms with Crippen molar-refractivity contribution in [1.29, 1.82) is 0 Å². The molecule has 0 radical (unpaired) electrons. The third kappa shape index (κ3) is 7.52. The molecule has 152 valence electrons. The summed E-state index contributed by atoms with van der Waals surface area (Å²) in [5.74, 6) is 0.0511. The van der Waals surface area contributed by atoms with Gasteiger partial charge < -0.3 is 24.1 Å². The number of benzene rings is 1. The molecule has 2 rings (SSSR count). The van der Waals surface area contributed by atoms with Gasteiger partial charge in [-0.25, -0.2) is 4.79 Å². The molecule has 0 aromatic heterocycles. The molecule has 1 N–H and O–H groups in total. The number of carboxylic acids is 1. The van der Waals surface area contributed by atoms with Gasteiger partial charge in [-0.1, -0.05) is 19.6 Å². The first-order valence-corrected chi connectivity index (χ1v) is 13.3. The lowest BCUT2D eigenvalue weighted by Gasteiger charge is -2.29. The zero-order valence-corrected chi connectivity index (χ0v) is 17.8. The fourth-order valence-corrected chi connectivity index (χ4v) is 3.73. The van der Waals surface area contributed by atoms with Crippen LogP contribution in [0.1, 0.15) is 36.0 Å². The smallest absolute Gasteiger partial charge is 0.335 e. The quantitative estimate of drug-likeness (QED) is 0.359. The Morgan fingerprint density at radius 3 is 2.37 bits per heavy atom. The van der Waals surface area contributed by atoms with E-state index in [9.17, 15) is 4.79 Å². The summed E-state index contributed by atoms with van der Waals surface area (Å²) in [7, 11) is 0.464. The summed E-state index contributed by atoms with van der Waals surface area (Å²) < 4.78 is 22.8. The summed E-state index contributed by atoms with van der Waals surface area (Å²) in [4.78, 5) is 11.1. The van der Waals surface area contributed by atoms with E-state index >= 15 is 0 Å². The van der Waals surface area contributed by atoms with Gasteiger partial charge in [-0.15, -0.1) is 0 Å². The maximum absolute atomic E-state index is 11.1. The molecular formula is C20H32O6Si. The molecule has 0 heterocycles. The van der Waals surface area contributed by atoms with Crippen LogP contribution in [0.3, 0.4) is 0 Å². The van der Waals surface area contributed by atoms with E-state index in [2.05, 4.69) is 19.6 Å². The predicted octanol–water partition coefficient (Wildman–Crippen LogP) is 4.41. The molecule has 0 aliphatic heterocycles. The number of aromatic carboxylic acids is 1. The van der Waals surface area contributed by atoms with E-state index in [1.54, 1.807) is 6.07 Å². The van der Waals surface area contributed by atoms with Gasteiger partial charge in [0.25, 0.3) is 0 Å². The maximum atomic E-state index is 11.1. The number of rotatable bonds is 10. The number of ether oxygens (including phenoxy) is 4. The molecule has 0 atom stereocenters. The molecule has 0 spiro atoms. The summed E-state index contributed by atoms with van der Waals surface area (Å²) in [6.07, 6.45) is 3.94. The predicted molar refractivity (Wildman–Crippen MR) is 107 cm³/mol. The molecule has 1 fully saturated rings. The van der Waals surface area contributed by atoms with Gasteiger partial charge in [-0.05, 0) is 49.9 Å². The molecule has 1 aliphatic rings. The molecule has 1 aliphatic carbocycles. The second-order valence-corrected chi connectivity index (χ2v) is 13.8. The molecule has 6 nitrogen and oxygen atoms in total. The van der Waals surface area contributed by atoms with Gasteiger partial charge >= 0.3 is 5.97 Å². The van der Waals surface area contributed by atoms with Crippen molar-refractivity contribution in [3.63, 3.8) is 0 Å². The van der Waals surface area contributed by atoms with Gasteiger partial charge in [0.05, 0.1) is 24.9 Å². The molecule has 1 aromatic rings. The lowest BCUT2D eigenvalue weighted by atomic mass is 9.95. The normalized spacial score (nSPS) is 20.3. The van der Waals surface area contributed by atoms with Crippen LogP contribution in [0, 0.1) is 0 Å². The number of carboxylic acid groups (broad SMARTS) is 1. The summed E-state index contributed by atoms with van der Waals surface area (Å²) in [6.45, 7) is 8.15. The minimum atomic E-state index is -1.05. The fraction of sp³-hybridized carbons (Fsp3) is 0.650. The van der Waals surface area contributed by atoms with Crippen LogP contribution in [0.25, 0.3) is 0 Å². The minimum Gasteiger partial charge on any atom is -0.493 e. The largest absolute Gasteiger partial charge is 0.493 e. The average molecular weight is 397 g/mol. The van der Waals surface area contributed by atoms with E-state index < -0.39 is 14.0 Å². The minimum absolute atomic E-state index is 0.0854. The van der Waals surface area contributed by atoms with Crippen molar-refractivity contribution in [3.05, 3.63) is 23.8 Å². The van der Waals surface area contributed by atoms with Crippen LogP contribution in [-0.4, -0.2) is 51.9 Å². The summed E-state index contributed by atoms with van der Waals surface area (Å²) in [6, 6.07) is 5.84. The Labute approximate surface area is 162 Å².